The fourth-order valence-electron chi connectivity index (χ4n) is 3.77. The van der Waals surface area contributed by atoms with Gasteiger partial charge < -0.3 is 15.4 Å². The normalized spacial score (nSPS) is 17.4. The number of rotatable bonds is 6. The number of urea groups is 1. The molecule has 0 aromatic heterocycles. The number of benzene rings is 1. The number of hydrogen-bond donors (Lipinski definition) is 2. The first-order valence-corrected chi connectivity index (χ1v) is 11.0. The van der Waals surface area contributed by atoms with Crippen molar-refractivity contribution in [3.8, 4) is 5.75 Å². The molecule has 0 saturated heterocycles. The maximum absolute atomic E-state index is 12.2. The molecule has 0 aliphatic heterocycles. The molecule has 1 aromatic rings. The minimum atomic E-state index is -0.116. The van der Waals surface area contributed by atoms with Crippen molar-refractivity contribution in [1.29, 1.82) is 0 Å². The predicted octanol–water partition coefficient (Wildman–Crippen LogP) is 5.95. The Bertz CT molecular complexity index is 504. The lowest BCUT2D eigenvalue weighted by Crippen LogP contribution is -2.43. The van der Waals surface area contributed by atoms with Crippen LogP contribution in [-0.2, 0) is 6.42 Å². The maximum atomic E-state index is 12.2. The molecule has 4 heteroatoms. The van der Waals surface area contributed by atoms with Gasteiger partial charge in [-0.05, 0) is 37.0 Å². The number of hydrogen-bond acceptors (Lipinski definition) is 2. The van der Waals surface area contributed by atoms with Crippen LogP contribution in [0.3, 0.4) is 0 Å². The van der Waals surface area contributed by atoms with Gasteiger partial charge in [-0.25, -0.2) is 4.79 Å². The molecular formula is C23H38N2O2. The Morgan fingerprint density at radius 1 is 0.926 bits per heavy atom. The summed E-state index contributed by atoms with van der Waals surface area (Å²) >= 11 is 0. The van der Waals surface area contributed by atoms with Crippen molar-refractivity contribution >= 4 is 6.03 Å². The lowest BCUT2D eigenvalue weighted by molar-refractivity contribution is 0.218. The molecular weight excluding hydrogens is 336 g/mol. The molecule has 0 spiro atoms. The van der Waals surface area contributed by atoms with Crippen LogP contribution >= 0.6 is 0 Å². The minimum Gasteiger partial charge on any atom is -0.473 e. The number of carbonyl (C=O) groups is 1. The number of aryl methyl sites for hydroxylation is 1. The fraction of sp³-hybridized carbons (Fsp3) is 0.696. The van der Waals surface area contributed by atoms with E-state index in [0.717, 1.165) is 31.4 Å². The van der Waals surface area contributed by atoms with E-state index < -0.39 is 0 Å². The Labute approximate surface area is 165 Å². The van der Waals surface area contributed by atoms with Gasteiger partial charge in [0.25, 0.3) is 0 Å². The maximum Gasteiger partial charge on any atom is 0.317 e. The van der Waals surface area contributed by atoms with Crippen LogP contribution in [0.25, 0.3) is 0 Å². The van der Waals surface area contributed by atoms with Crippen molar-refractivity contribution < 1.29 is 9.53 Å². The zero-order valence-electron chi connectivity index (χ0n) is 17.1. The third kappa shape index (κ3) is 9.69. The van der Waals surface area contributed by atoms with E-state index in [4.69, 9.17) is 4.74 Å². The summed E-state index contributed by atoms with van der Waals surface area (Å²) in [5.74, 6) is 0.793. The first-order valence-electron chi connectivity index (χ1n) is 11.0. The predicted molar refractivity (Wildman–Crippen MR) is 112 cm³/mol. The van der Waals surface area contributed by atoms with Gasteiger partial charge in [0.05, 0.1) is 0 Å². The summed E-state index contributed by atoms with van der Waals surface area (Å²) in [5.41, 5.74) is 1.32. The molecule has 0 radical (unpaired) electrons. The second-order valence-electron chi connectivity index (χ2n) is 7.79. The van der Waals surface area contributed by atoms with Gasteiger partial charge in [0.15, 0.2) is 6.73 Å². The fourth-order valence-corrected chi connectivity index (χ4v) is 3.77. The van der Waals surface area contributed by atoms with E-state index in [1.807, 2.05) is 12.1 Å². The Balaban J connectivity index is 1.67. The molecule has 0 heterocycles. The van der Waals surface area contributed by atoms with Crippen molar-refractivity contribution in [2.75, 3.05) is 6.73 Å². The smallest absolute Gasteiger partial charge is 0.317 e. The van der Waals surface area contributed by atoms with Crippen molar-refractivity contribution in [2.24, 2.45) is 0 Å². The van der Waals surface area contributed by atoms with Gasteiger partial charge in [0.2, 0.25) is 0 Å². The van der Waals surface area contributed by atoms with Gasteiger partial charge in [-0.1, -0.05) is 83.3 Å². The van der Waals surface area contributed by atoms with Gasteiger partial charge >= 0.3 is 6.03 Å². The molecule has 0 unspecified atom stereocenters. The standard InChI is InChI=1S/C23H38N2O2/c1-2-12-20-15-17-22(18-16-20)27-19-24-23(26)25-21-13-10-8-6-4-3-5-7-9-11-14-21/h15-18,21H,2-14,19H2,1H3,(H2,24,25,26). The van der Waals surface area contributed by atoms with E-state index in [1.165, 1.54) is 63.4 Å². The van der Waals surface area contributed by atoms with Crippen molar-refractivity contribution in [2.45, 2.75) is 96.4 Å². The highest BCUT2D eigenvalue weighted by molar-refractivity contribution is 5.74. The first kappa shape index (κ1) is 21.6. The molecule has 2 rings (SSSR count). The highest BCUT2D eigenvalue weighted by Crippen LogP contribution is 2.17. The first-order chi connectivity index (χ1) is 13.3. The topological polar surface area (TPSA) is 50.4 Å². The molecule has 1 aromatic carbocycles. The van der Waals surface area contributed by atoms with Crippen molar-refractivity contribution in [3.05, 3.63) is 29.8 Å². The zero-order chi connectivity index (χ0) is 19.2. The second-order valence-corrected chi connectivity index (χ2v) is 7.79. The highest BCUT2D eigenvalue weighted by atomic mass is 16.5. The van der Waals surface area contributed by atoms with Crippen LogP contribution in [-0.4, -0.2) is 18.8 Å². The van der Waals surface area contributed by atoms with Crippen LogP contribution < -0.4 is 15.4 Å². The van der Waals surface area contributed by atoms with Gasteiger partial charge in [0.1, 0.15) is 5.75 Å². The summed E-state index contributed by atoms with van der Waals surface area (Å²) in [5, 5.41) is 5.99. The number of amides is 2. The van der Waals surface area contributed by atoms with Gasteiger partial charge in [-0.15, -0.1) is 0 Å². The Hall–Kier alpha value is -1.71. The second kappa shape index (κ2) is 13.5. The summed E-state index contributed by atoms with van der Waals surface area (Å²) in [6.07, 6.45) is 16.2. The lowest BCUT2D eigenvalue weighted by atomic mass is 9.98. The van der Waals surface area contributed by atoms with Crippen LogP contribution in [0.4, 0.5) is 4.79 Å². The van der Waals surface area contributed by atoms with Crippen LogP contribution in [0.2, 0.25) is 0 Å². The van der Waals surface area contributed by atoms with E-state index >= 15 is 0 Å². The molecule has 152 valence electrons. The Morgan fingerprint density at radius 2 is 1.48 bits per heavy atom. The largest absolute Gasteiger partial charge is 0.473 e. The van der Waals surface area contributed by atoms with Crippen LogP contribution in [0.15, 0.2) is 24.3 Å². The molecule has 2 N–H and O–H groups in total. The third-order valence-electron chi connectivity index (χ3n) is 5.37. The summed E-state index contributed by atoms with van der Waals surface area (Å²) in [6, 6.07) is 8.29. The van der Waals surface area contributed by atoms with Gasteiger partial charge in [-0.3, -0.25) is 0 Å². The highest BCUT2D eigenvalue weighted by Gasteiger charge is 2.12. The molecule has 4 nitrogen and oxygen atoms in total. The van der Waals surface area contributed by atoms with Crippen LogP contribution in [0, 0.1) is 0 Å². The van der Waals surface area contributed by atoms with E-state index in [1.54, 1.807) is 0 Å². The Morgan fingerprint density at radius 3 is 2.04 bits per heavy atom. The number of carbonyl (C=O) groups excluding carboxylic acids is 1. The molecule has 1 fully saturated rings. The summed E-state index contributed by atoms with van der Waals surface area (Å²) in [7, 11) is 0. The third-order valence-corrected chi connectivity index (χ3v) is 5.37. The Kier molecular flexibility index (Phi) is 10.8. The van der Waals surface area contributed by atoms with Gasteiger partial charge in [-0.2, -0.15) is 0 Å². The van der Waals surface area contributed by atoms with Crippen molar-refractivity contribution in [3.63, 3.8) is 0 Å². The minimum absolute atomic E-state index is 0.116. The monoisotopic (exact) mass is 374 g/mol. The molecule has 0 atom stereocenters. The number of nitrogens with one attached hydrogen (secondary N) is 2. The SMILES string of the molecule is CCCc1ccc(OCNC(=O)NC2CCCCCCCCCCC2)cc1. The number of ether oxygens (including phenoxy) is 1. The molecule has 1 aliphatic carbocycles. The van der Waals surface area contributed by atoms with E-state index in [9.17, 15) is 4.79 Å². The summed E-state index contributed by atoms with van der Waals surface area (Å²) < 4.78 is 5.64. The van der Waals surface area contributed by atoms with Crippen molar-refractivity contribution in [1.82, 2.24) is 10.6 Å². The van der Waals surface area contributed by atoms with E-state index in [-0.39, 0.29) is 18.8 Å². The summed E-state index contributed by atoms with van der Waals surface area (Å²) in [6.45, 7) is 2.38. The zero-order valence-corrected chi connectivity index (χ0v) is 17.1. The van der Waals surface area contributed by atoms with Crippen LogP contribution in [0.1, 0.15) is 89.5 Å². The van der Waals surface area contributed by atoms with E-state index in [2.05, 4.69) is 29.7 Å². The summed E-state index contributed by atoms with van der Waals surface area (Å²) in [4.78, 5) is 12.2. The van der Waals surface area contributed by atoms with Gasteiger partial charge in [0, 0.05) is 6.04 Å². The average molecular weight is 375 g/mol. The molecule has 27 heavy (non-hydrogen) atoms. The quantitative estimate of drug-likeness (QED) is 0.605. The molecule has 1 aliphatic rings. The van der Waals surface area contributed by atoms with Crippen LogP contribution in [0.5, 0.6) is 5.75 Å². The average Bonchev–Trinajstić information content (AvgIpc) is 2.65. The van der Waals surface area contributed by atoms with E-state index in [0.29, 0.717) is 0 Å². The molecule has 2 amide bonds. The lowest BCUT2D eigenvalue weighted by Gasteiger charge is -2.20. The molecule has 1 saturated carbocycles. The molecule has 0 bridgehead atoms.